The number of fused-ring (bicyclic) bond motifs is 2. The van der Waals surface area contributed by atoms with Crippen LogP contribution >= 0.6 is 0 Å². The van der Waals surface area contributed by atoms with E-state index in [2.05, 4.69) is 5.32 Å². The van der Waals surface area contributed by atoms with Gasteiger partial charge in [-0.1, -0.05) is 50.2 Å². The lowest BCUT2D eigenvalue weighted by Gasteiger charge is -2.32. The van der Waals surface area contributed by atoms with Crippen molar-refractivity contribution < 1.29 is 34.1 Å². The molecule has 2 fully saturated rings. The molecule has 2 amide bonds. The Kier molecular flexibility index (Phi) is 6.69. The maximum absolute atomic E-state index is 14.4. The van der Waals surface area contributed by atoms with Gasteiger partial charge in [-0.15, -0.1) is 0 Å². The van der Waals surface area contributed by atoms with Crippen molar-refractivity contribution in [3.8, 4) is 17.2 Å². The van der Waals surface area contributed by atoms with Crippen LogP contribution in [0.5, 0.6) is 17.2 Å². The van der Waals surface area contributed by atoms with Crippen molar-refractivity contribution in [3.05, 3.63) is 82.9 Å². The number of benzene rings is 3. The van der Waals surface area contributed by atoms with Crippen molar-refractivity contribution in [2.75, 3.05) is 18.1 Å². The number of carbonyl (C=O) groups is 3. The van der Waals surface area contributed by atoms with E-state index in [1.165, 1.54) is 17.0 Å². The first kappa shape index (κ1) is 26.8. The molecule has 3 aromatic carbocycles. The van der Waals surface area contributed by atoms with E-state index >= 15 is 0 Å². The SMILES string of the molecule is CCc1cccc(CC)c1N1C(=O)C2C(c3ccc4c(c3)OCCO4)NC(Cc3ccc(O)cc3)(C(=O)O)C2C1=O. The number of aliphatic carboxylic acids is 1. The first-order valence-corrected chi connectivity index (χ1v) is 14.0. The molecule has 3 aliphatic rings. The minimum Gasteiger partial charge on any atom is -0.508 e. The summed E-state index contributed by atoms with van der Waals surface area (Å²) < 4.78 is 11.5. The van der Waals surface area contributed by atoms with E-state index in [1.807, 2.05) is 32.0 Å². The Labute approximate surface area is 237 Å². The maximum Gasteiger partial charge on any atom is 0.325 e. The number of phenols is 1. The van der Waals surface area contributed by atoms with Gasteiger partial charge in [0.25, 0.3) is 0 Å². The topological polar surface area (TPSA) is 125 Å². The fourth-order valence-corrected chi connectivity index (χ4v) is 6.64. The van der Waals surface area contributed by atoms with E-state index in [1.54, 1.807) is 30.3 Å². The van der Waals surface area contributed by atoms with Crippen LogP contribution in [-0.4, -0.2) is 46.7 Å². The summed E-state index contributed by atoms with van der Waals surface area (Å²) in [7, 11) is 0. The van der Waals surface area contributed by atoms with Crippen molar-refractivity contribution in [1.29, 1.82) is 0 Å². The summed E-state index contributed by atoms with van der Waals surface area (Å²) in [6.07, 6.45) is 1.15. The van der Waals surface area contributed by atoms with Gasteiger partial charge in [-0.2, -0.15) is 0 Å². The molecule has 9 heteroatoms. The van der Waals surface area contributed by atoms with Gasteiger partial charge in [-0.25, -0.2) is 4.90 Å². The zero-order valence-electron chi connectivity index (χ0n) is 22.9. The quantitative estimate of drug-likeness (QED) is 0.376. The van der Waals surface area contributed by atoms with Crippen molar-refractivity contribution in [2.24, 2.45) is 11.8 Å². The average molecular weight is 557 g/mol. The third kappa shape index (κ3) is 4.23. The third-order valence-corrected chi connectivity index (χ3v) is 8.57. The molecule has 0 bridgehead atoms. The largest absolute Gasteiger partial charge is 0.508 e. The van der Waals surface area contributed by atoms with E-state index in [9.17, 15) is 24.6 Å². The number of carboxylic acids is 1. The molecule has 3 N–H and O–H groups in total. The number of imide groups is 1. The number of para-hydroxylation sites is 1. The minimum atomic E-state index is -1.78. The van der Waals surface area contributed by atoms with Gasteiger partial charge in [0.2, 0.25) is 11.8 Å². The molecule has 0 saturated carbocycles. The summed E-state index contributed by atoms with van der Waals surface area (Å²) >= 11 is 0. The predicted molar refractivity (Wildman–Crippen MR) is 150 cm³/mol. The number of nitrogens with one attached hydrogen (secondary N) is 1. The molecule has 0 radical (unpaired) electrons. The molecule has 4 atom stereocenters. The number of rotatable bonds is 7. The van der Waals surface area contributed by atoms with Crippen LogP contribution in [0.1, 0.15) is 42.1 Å². The van der Waals surface area contributed by atoms with E-state index in [0.29, 0.717) is 54.4 Å². The molecule has 0 aliphatic carbocycles. The van der Waals surface area contributed by atoms with Crippen molar-refractivity contribution >= 4 is 23.5 Å². The first-order valence-electron chi connectivity index (χ1n) is 14.0. The Hall–Kier alpha value is -4.37. The Morgan fingerprint density at radius 1 is 0.951 bits per heavy atom. The normalized spacial score (nSPS) is 24.9. The van der Waals surface area contributed by atoms with E-state index in [4.69, 9.17) is 9.47 Å². The zero-order valence-corrected chi connectivity index (χ0v) is 22.9. The second-order valence-corrected chi connectivity index (χ2v) is 10.8. The fourth-order valence-electron chi connectivity index (χ4n) is 6.64. The molecule has 4 unspecified atom stereocenters. The fraction of sp³-hybridized carbons (Fsp3) is 0.344. The summed E-state index contributed by atoms with van der Waals surface area (Å²) in [5.74, 6) is -3.17. The number of amides is 2. The number of aromatic hydroxyl groups is 1. The van der Waals surface area contributed by atoms with Gasteiger partial charge in [0.15, 0.2) is 11.5 Å². The Bertz CT molecular complexity index is 1510. The lowest BCUT2D eigenvalue weighted by molar-refractivity contribution is -0.148. The molecule has 6 rings (SSSR count). The van der Waals surface area contributed by atoms with Gasteiger partial charge in [0, 0.05) is 12.5 Å². The van der Waals surface area contributed by atoms with Crippen LogP contribution < -0.4 is 19.7 Å². The molecule has 2 saturated heterocycles. The molecule has 9 nitrogen and oxygen atoms in total. The second kappa shape index (κ2) is 10.2. The molecule has 0 aromatic heterocycles. The first-order chi connectivity index (χ1) is 19.8. The van der Waals surface area contributed by atoms with Crippen molar-refractivity contribution in [3.63, 3.8) is 0 Å². The molecular weight excluding hydrogens is 524 g/mol. The lowest BCUT2D eigenvalue weighted by atomic mass is 9.76. The van der Waals surface area contributed by atoms with Gasteiger partial charge in [0.05, 0.1) is 17.5 Å². The molecule has 0 spiro atoms. The van der Waals surface area contributed by atoms with Gasteiger partial charge in [-0.3, -0.25) is 19.7 Å². The van der Waals surface area contributed by atoms with Crippen LogP contribution in [-0.2, 0) is 33.6 Å². The van der Waals surface area contributed by atoms with Crippen LogP contribution in [0.15, 0.2) is 60.7 Å². The number of nitrogens with zero attached hydrogens (tertiary/aromatic N) is 1. The Morgan fingerprint density at radius 3 is 2.24 bits per heavy atom. The van der Waals surface area contributed by atoms with E-state index in [0.717, 1.165) is 11.1 Å². The highest BCUT2D eigenvalue weighted by Gasteiger charge is 2.69. The van der Waals surface area contributed by atoms with Crippen molar-refractivity contribution in [1.82, 2.24) is 5.32 Å². The number of aryl methyl sites for hydroxylation is 2. The van der Waals surface area contributed by atoms with Crippen LogP contribution in [0.25, 0.3) is 0 Å². The number of phenolic OH excluding ortho intramolecular Hbond substituents is 1. The predicted octanol–water partition coefficient (Wildman–Crippen LogP) is 3.80. The zero-order chi connectivity index (χ0) is 28.9. The lowest BCUT2D eigenvalue weighted by Crippen LogP contribution is -2.57. The number of hydrogen-bond donors (Lipinski definition) is 3. The summed E-state index contributed by atoms with van der Waals surface area (Å²) in [4.78, 5) is 43.3. The van der Waals surface area contributed by atoms with Gasteiger partial charge >= 0.3 is 5.97 Å². The number of hydrogen-bond acceptors (Lipinski definition) is 7. The number of carboxylic acid groups (broad SMARTS) is 1. The van der Waals surface area contributed by atoms with Gasteiger partial charge in [0.1, 0.15) is 24.5 Å². The molecule has 3 aliphatic heterocycles. The highest BCUT2D eigenvalue weighted by atomic mass is 16.6. The van der Waals surface area contributed by atoms with Crippen LogP contribution in [0.2, 0.25) is 0 Å². The van der Waals surface area contributed by atoms with E-state index in [-0.39, 0.29) is 12.2 Å². The average Bonchev–Trinajstić information content (AvgIpc) is 3.46. The smallest absolute Gasteiger partial charge is 0.325 e. The summed E-state index contributed by atoms with van der Waals surface area (Å²) in [5, 5.41) is 23.9. The van der Waals surface area contributed by atoms with E-state index < -0.39 is 41.2 Å². The summed E-state index contributed by atoms with van der Waals surface area (Å²) in [6, 6.07) is 16.5. The maximum atomic E-state index is 14.4. The van der Waals surface area contributed by atoms with Crippen LogP contribution in [0, 0.1) is 11.8 Å². The highest BCUT2D eigenvalue weighted by Crippen LogP contribution is 2.52. The monoisotopic (exact) mass is 556 g/mol. The molecule has 3 aromatic rings. The minimum absolute atomic E-state index is 0.0473. The standard InChI is InChI=1S/C32H32N2O7/c1-3-19-6-5-7-20(4-2)28(19)34-29(36)25-26(30(34)37)32(31(38)39,17-18-8-11-22(35)12-9-18)33-27(25)21-10-13-23-24(16-21)41-15-14-40-23/h5-13,16,25-27,33,35H,3-4,14-15,17H2,1-2H3,(H,38,39). The van der Waals surface area contributed by atoms with Gasteiger partial charge < -0.3 is 19.7 Å². The third-order valence-electron chi connectivity index (χ3n) is 8.57. The molecule has 212 valence electrons. The number of carbonyl (C=O) groups excluding carboxylic acids is 2. The highest BCUT2D eigenvalue weighted by molar-refractivity contribution is 6.25. The molecular formula is C32H32N2O7. The molecule has 3 heterocycles. The molecule has 41 heavy (non-hydrogen) atoms. The Balaban J connectivity index is 1.52. The number of anilines is 1. The van der Waals surface area contributed by atoms with Crippen LogP contribution in [0.3, 0.4) is 0 Å². The van der Waals surface area contributed by atoms with Crippen LogP contribution in [0.4, 0.5) is 5.69 Å². The summed E-state index contributed by atoms with van der Waals surface area (Å²) in [6.45, 7) is 4.73. The van der Waals surface area contributed by atoms with Gasteiger partial charge in [-0.05, 0) is 59.4 Å². The van der Waals surface area contributed by atoms with Crippen molar-refractivity contribution in [2.45, 2.75) is 44.7 Å². The number of ether oxygens (including phenoxy) is 2. The second-order valence-electron chi connectivity index (χ2n) is 10.8. The summed E-state index contributed by atoms with van der Waals surface area (Å²) in [5.41, 5.74) is 1.74. The Morgan fingerprint density at radius 2 is 1.61 bits per heavy atom.